The minimum Gasteiger partial charge on any atom is -0.489 e. The van der Waals surface area contributed by atoms with Gasteiger partial charge in [-0.1, -0.05) is 83.9 Å². The summed E-state index contributed by atoms with van der Waals surface area (Å²) in [6.07, 6.45) is 5.23. The molecule has 13 nitrogen and oxygen atoms in total. The van der Waals surface area contributed by atoms with Crippen LogP contribution in [-0.2, 0) is 37.3 Å². The van der Waals surface area contributed by atoms with Gasteiger partial charge in [-0.2, -0.15) is 13.1 Å². The van der Waals surface area contributed by atoms with Crippen LogP contribution in [0.25, 0.3) is 0 Å². The van der Waals surface area contributed by atoms with Crippen molar-refractivity contribution in [3.63, 3.8) is 0 Å². The lowest BCUT2D eigenvalue weighted by atomic mass is 9.86. The van der Waals surface area contributed by atoms with Gasteiger partial charge in [0.15, 0.2) is 11.5 Å². The van der Waals surface area contributed by atoms with Gasteiger partial charge < -0.3 is 29.0 Å². The standard InChI is InChI=1S/C51H52Cl2F2N4O9S/c52-42-25-56-26-43(53)41(42)24-45(37-13-16-44(67-50(54)55)46(23-37)65-31-32-9-10-32)66-48(60)21-34-27-59(28-34)69(62,63)40-14-11-33(12-15-40)30-64-39-8-4-7-38(22-39)49(36-5-2-1-3-6-36)57-51(61)68-47-29-58-19-17-35(47)18-20-58/h1-8,11-16,22-23,25-26,32,34-35,45,47,49-50H,9-10,17-21,24,27-31H2,(H,57,61)/t45-,47-,49-/m0/s1. The summed E-state index contributed by atoms with van der Waals surface area (Å²) in [5.74, 6) is 0.281. The smallest absolute Gasteiger partial charge is 0.408 e. The summed E-state index contributed by atoms with van der Waals surface area (Å²) in [5, 5.41) is 3.59. The predicted molar refractivity (Wildman–Crippen MR) is 253 cm³/mol. The Morgan fingerprint density at radius 1 is 0.783 bits per heavy atom. The number of benzene rings is 4. The zero-order chi connectivity index (χ0) is 48.1. The van der Waals surface area contributed by atoms with Crippen molar-refractivity contribution in [2.45, 2.75) is 74.9 Å². The Labute approximate surface area is 410 Å². The predicted octanol–water partition coefficient (Wildman–Crippen LogP) is 9.81. The van der Waals surface area contributed by atoms with E-state index in [9.17, 15) is 26.8 Å². The molecule has 364 valence electrons. The Bertz CT molecular complexity index is 2690. The molecule has 1 saturated carbocycles. The molecule has 5 fully saturated rings. The van der Waals surface area contributed by atoms with Crippen LogP contribution in [0.15, 0.2) is 114 Å². The number of alkyl halides is 2. The molecule has 1 aliphatic carbocycles. The molecular formula is C51H52Cl2F2N4O9S. The molecule has 69 heavy (non-hydrogen) atoms. The third-order valence-corrected chi connectivity index (χ3v) is 15.6. The lowest BCUT2D eigenvalue weighted by Crippen LogP contribution is -2.52. The normalized spacial score (nSPS) is 20.1. The minimum atomic E-state index is -3.88. The number of carbonyl (C=O) groups excluding carboxylic acids is 2. The Morgan fingerprint density at radius 3 is 2.19 bits per heavy atom. The third kappa shape index (κ3) is 12.3. The number of hydrogen-bond acceptors (Lipinski definition) is 11. The van der Waals surface area contributed by atoms with Gasteiger partial charge in [0, 0.05) is 38.4 Å². The Morgan fingerprint density at radius 2 is 1.51 bits per heavy atom. The van der Waals surface area contributed by atoms with E-state index in [-0.39, 0.29) is 71.0 Å². The Kier molecular flexibility index (Phi) is 15.2. The number of carbonyl (C=O) groups is 2. The molecule has 1 aromatic heterocycles. The van der Waals surface area contributed by atoms with Gasteiger partial charge in [0.2, 0.25) is 10.0 Å². The fraction of sp³-hybridized carbons (Fsp3) is 0.392. The van der Waals surface area contributed by atoms with Gasteiger partial charge in [0.1, 0.15) is 24.6 Å². The van der Waals surface area contributed by atoms with E-state index in [1.165, 1.54) is 47.0 Å². The number of ether oxygens (including phenoxy) is 5. The molecule has 5 aliphatic rings. The molecule has 0 unspecified atom stereocenters. The zero-order valence-electron chi connectivity index (χ0n) is 37.6. The average molecular weight is 1010 g/mol. The number of halogens is 4. The van der Waals surface area contributed by atoms with Crippen LogP contribution in [-0.4, -0.2) is 86.7 Å². The van der Waals surface area contributed by atoms with Crippen LogP contribution in [0, 0.1) is 17.8 Å². The Balaban J connectivity index is 0.799. The summed E-state index contributed by atoms with van der Waals surface area (Å²) in [6, 6.07) is 27.5. The van der Waals surface area contributed by atoms with Crippen LogP contribution < -0.4 is 19.5 Å². The minimum absolute atomic E-state index is 0.0334. The molecule has 5 heterocycles. The number of amides is 1. The lowest BCUT2D eigenvalue weighted by Gasteiger charge is -2.43. The van der Waals surface area contributed by atoms with Gasteiger partial charge in [-0.05, 0) is 121 Å². The van der Waals surface area contributed by atoms with Gasteiger partial charge in [0.05, 0.1) is 34.0 Å². The van der Waals surface area contributed by atoms with Crippen molar-refractivity contribution in [3.8, 4) is 17.2 Å². The van der Waals surface area contributed by atoms with Crippen LogP contribution in [0.2, 0.25) is 10.0 Å². The number of nitrogens with zero attached hydrogens (tertiary/aromatic N) is 3. The highest BCUT2D eigenvalue weighted by molar-refractivity contribution is 7.89. The molecule has 18 heteroatoms. The van der Waals surface area contributed by atoms with Crippen LogP contribution in [0.4, 0.5) is 13.6 Å². The molecule has 2 bridgehead atoms. The van der Waals surface area contributed by atoms with Crippen molar-refractivity contribution in [3.05, 3.63) is 147 Å². The number of hydrogen-bond donors (Lipinski definition) is 1. The van der Waals surface area contributed by atoms with E-state index in [1.807, 2.05) is 54.6 Å². The maximum absolute atomic E-state index is 13.7. The first-order chi connectivity index (χ1) is 33.3. The topological polar surface area (TPSA) is 146 Å². The maximum Gasteiger partial charge on any atom is 0.408 e. The number of nitrogens with one attached hydrogen (secondary N) is 1. The molecule has 10 rings (SSSR count). The Hall–Kier alpha value is -5.52. The summed E-state index contributed by atoms with van der Waals surface area (Å²) < 4.78 is 84.0. The number of alkyl carbamates (subject to hydrolysis) is 1. The van der Waals surface area contributed by atoms with E-state index < -0.39 is 40.8 Å². The number of rotatable bonds is 20. The molecule has 4 saturated heterocycles. The van der Waals surface area contributed by atoms with E-state index in [1.54, 1.807) is 12.1 Å². The number of sulfonamides is 1. The zero-order valence-corrected chi connectivity index (χ0v) is 39.9. The first-order valence-electron chi connectivity index (χ1n) is 23.1. The lowest BCUT2D eigenvalue weighted by molar-refractivity contribution is -0.151. The summed E-state index contributed by atoms with van der Waals surface area (Å²) in [7, 11) is -3.88. The van der Waals surface area contributed by atoms with Crippen LogP contribution in [0.5, 0.6) is 17.2 Å². The van der Waals surface area contributed by atoms with Gasteiger partial charge >= 0.3 is 18.7 Å². The first kappa shape index (κ1) is 48.5. The molecule has 4 aromatic carbocycles. The summed E-state index contributed by atoms with van der Waals surface area (Å²) in [5.41, 5.74) is 3.34. The van der Waals surface area contributed by atoms with E-state index in [0.717, 1.165) is 62.0 Å². The fourth-order valence-electron chi connectivity index (χ4n) is 9.06. The van der Waals surface area contributed by atoms with E-state index in [2.05, 4.69) is 15.2 Å². The van der Waals surface area contributed by atoms with Crippen LogP contribution in [0.1, 0.15) is 72.1 Å². The van der Waals surface area contributed by atoms with E-state index in [0.29, 0.717) is 35.3 Å². The summed E-state index contributed by atoms with van der Waals surface area (Å²) in [4.78, 5) is 33.3. The summed E-state index contributed by atoms with van der Waals surface area (Å²) in [6.45, 7) is 0.453. The highest BCUT2D eigenvalue weighted by atomic mass is 35.5. The van der Waals surface area contributed by atoms with Gasteiger partial charge in [0.25, 0.3) is 0 Å². The maximum atomic E-state index is 13.7. The number of fused-ring (bicyclic) bond motifs is 3. The highest BCUT2D eigenvalue weighted by Crippen LogP contribution is 2.39. The molecule has 1 amide bonds. The average Bonchev–Trinajstić information content (AvgIpc) is 4.17. The monoisotopic (exact) mass is 1000 g/mol. The second-order valence-electron chi connectivity index (χ2n) is 18.1. The number of esters is 1. The molecule has 0 spiro atoms. The number of pyridine rings is 1. The van der Waals surface area contributed by atoms with Crippen LogP contribution in [0.3, 0.4) is 0 Å². The van der Waals surface area contributed by atoms with E-state index >= 15 is 0 Å². The van der Waals surface area contributed by atoms with Crippen molar-refractivity contribution in [2.75, 3.05) is 39.3 Å². The molecule has 0 radical (unpaired) electrons. The second kappa shape index (κ2) is 21.6. The quantitative estimate of drug-likeness (QED) is 0.0744. The van der Waals surface area contributed by atoms with Crippen molar-refractivity contribution in [1.29, 1.82) is 0 Å². The molecule has 4 aliphatic heterocycles. The van der Waals surface area contributed by atoms with Gasteiger partial charge in [-0.3, -0.25) is 14.7 Å². The van der Waals surface area contributed by atoms with Gasteiger partial charge in [-0.25, -0.2) is 13.2 Å². The van der Waals surface area contributed by atoms with Gasteiger partial charge in [-0.15, -0.1) is 0 Å². The largest absolute Gasteiger partial charge is 0.489 e. The molecule has 1 N–H and O–H groups in total. The van der Waals surface area contributed by atoms with Crippen molar-refractivity contribution in [2.24, 2.45) is 17.8 Å². The molecule has 3 atom stereocenters. The SMILES string of the molecule is O=C(CC1CN(S(=O)(=O)c2ccc(COc3cccc([C@@H](NC(=O)O[C@H]4CN5CCC4CC5)c4ccccc4)c3)cc2)C1)O[C@@H](Cc1c(Cl)cncc1Cl)c1ccc(OC(F)F)c(OCC2CC2)c1. The van der Waals surface area contributed by atoms with Crippen molar-refractivity contribution >= 4 is 45.3 Å². The fourth-order valence-corrected chi connectivity index (χ4v) is 11.2. The number of aromatic nitrogens is 1. The van der Waals surface area contributed by atoms with Crippen molar-refractivity contribution < 1.29 is 50.5 Å². The molecular weight excluding hydrogens is 954 g/mol. The number of piperidine rings is 3. The first-order valence-corrected chi connectivity index (χ1v) is 25.3. The highest BCUT2D eigenvalue weighted by Gasteiger charge is 2.39. The second-order valence-corrected chi connectivity index (χ2v) is 20.8. The van der Waals surface area contributed by atoms with Crippen LogP contribution >= 0.6 is 23.2 Å². The molecule has 5 aromatic rings. The van der Waals surface area contributed by atoms with Crippen molar-refractivity contribution in [1.82, 2.24) is 19.5 Å². The third-order valence-electron chi connectivity index (χ3n) is 13.1. The van der Waals surface area contributed by atoms with E-state index in [4.69, 9.17) is 46.9 Å². The summed E-state index contributed by atoms with van der Waals surface area (Å²) >= 11 is 12.9.